The number of benzene rings is 2. The SMILES string of the molecule is C#CCN1C(=O)N(c2ccc(C#N)c(C(F)(F)F)c2)C(=O)C1(COCC=C)c1ccccc1. The molecule has 6 nitrogen and oxygen atoms in total. The summed E-state index contributed by atoms with van der Waals surface area (Å²) in [7, 11) is 0. The molecule has 1 unspecified atom stereocenters. The number of hydrogen-bond acceptors (Lipinski definition) is 4. The van der Waals surface area contributed by atoms with E-state index in [2.05, 4.69) is 12.5 Å². The van der Waals surface area contributed by atoms with Gasteiger partial charge >= 0.3 is 12.2 Å². The van der Waals surface area contributed by atoms with Crippen LogP contribution in [0.25, 0.3) is 0 Å². The topological polar surface area (TPSA) is 73.6 Å². The third-order valence-electron chi connectivity index (χ3n) is 5.17. The van der Waals surface area contributed by atoms with Crippen LogP contribution in [0, 0.1) is 23.7 Å². The summed E-state index contributed by atoms with van der Waals surface area (Å²) < 4.78 is 46.1. The van der Waals surface area contributed by atoms with Crippen molar-refractivity contribution in [2.75, 3.05) is 24.7 Å². The van der Waals surface area contributed by atoms with E-state index >= 15 is 0 Å². The number of urea groups is 1. The van der Waals surface area contributed by atoms with Gasteiger partial charge in [0, 0.05) is 0 Å². The average Bonchev–Trinajstić information content (AvgIpc) is 3.01. The number of nitrogens with zero attached hydrogens (tertiary/aromatic N) is 3. The Bertz CT molecular complexity index is 1170. The molecule has 1 saturated heterocycles. The molecule has 1 aliphatic heterocycles. The second-order valence-corrected chi connectivity index (χ2v) is 7.08. The number of alkyl halides is 3. The number of hydrogen-bond donors (Lipinski definition) is 0. The molecule has 0 N–H and O–H groups in total. The molecular weight excluding hydrogens is 435 g/mol. The summed E-state index contributed by atoms with van der Waals surface area (Å²) >= 11 is 0. The van der Waals surface area contributed by atoms with Crippen LogP contribution in [0.3, 0.4) is 0 Å². The van der Waals surface area contributed by atoms with Gasteiger partial charge in [0.15, 0.2) is 5.54 Å². The van der Waals surface area contributed by atoms with Crippen LogP contribution in [0.5, 0.6) is 0 Å². The minimum absolute atomic E-state index is 0.0645. The van der Waals surface area contributed by atoms with E-state index in [1.54, 1.807) is 30.3 Å². The standard InChI is InChI=1S/C24H18F3N3O3/c1-3-12-29-22(32)30(19-11-10-17(15-28)20(14-19)24(25,26)27)21(31)23(29,16-33-13-4-2)18-8-6-5-7-9-18/h1,4-11,14H,2,12-13,16H2. The predicted octanol–water partition coefficient (Wildman–Crippen LogP) is 4.08. The van der Waals surface area contributed by atoms with Crippen molar-refractivity contribution in [3.05, 3.63) is 77.9 Å². The Hall–Kier alpha value is -4.08. The molecule has 1 heterocycles. The van der Waals surface area contributed by atoms with Gasteiger partial charge in [0.25, 0.3) is 5.91 Å². The number of anilines is 1. The molecule has 0 radical (unpaired) electrons. The first-order valence-electron chi connectivity index (χ1n) is 9.67. The fourth-order valence-electron chi connectivity index (χ4n) is 3.70. The Balaban J connectivity index is 2.21. The zero-order valence-electron chi connectivity index (χ0n) is 17.3. The summed E-state index contributed by atoms with van der Waals surface area (Å²) in [5.41, 5.74) is -3.55. The van der Waals surface area contributed by atoms with Crippen molar-refractivity contribution in [2.45, 2.75) is 11.7 Å². The Kier molecular flexibility index (Phi) is 6.57. The smallest absolute Gasteiger partial charge is 0.374 e. The molecule has 9 heteroatoms. The van der Waals surface area contributed by atoms with Gasteiger partial charge in [-0.15, -0.1) is 13.0 Å². The summed E-state index contributed by atoms with van der Waals surface area (Å²) in [5, 5.41) is 9.05. The van der Waals surface area contributed by atoms with Crippen LogP contribution >= 0.6 is 0 Å². The summed E-state index contributed by atoms with van der Waals surface area (Å²) in [6.07, 6.45) is 2.05. The van der Waals surface area contributed by atoms with E-state index in [0.29, 0.717) is 16.5 Å². The fraction of sp³-hybridized carbons (Fsp3) is 0.208. The molecule has 2 aromatic carbocycles. The lowest BCUT2D eigenvalue weighted by atomic mass is 9.88. The van der Waals surface area contributed by atoms with Crippen LogP contribution in [-0.4, -0.2) is 36.6 Å². The molecule has 0 bridgehead atoms. The molecule has 0 aliphatic carbocycles. The molecule has 3 rings (SSSR count). The van der Waals surface area contributed by atoms with Crippen molar-refractivity contribution in [3.63, 3.8) is 0 Å². The van der Waals surface area contributed by atoms with Crippen LogP contribution in [0.15, 0.2) is 61.2 Å². The summed E-state index contributed by atoms with van der Waals surface area (Å²) in [6.45, 7) is 3.03. The largest absolute Gasteiger partial charge is 0.417 e. The average molecular weight is 453 g/mol. The van der Waals surface area contributed by atoms with Crippen LogP contribution in [-0.2, 0) is 21.2 Å². The van der Waals surface area contributed by atoms with E-state index in [-0.39, 0.29) is 25.4 Å². The van der Waals surface area contributed by atoms with Gasteiger partial charge in [-0.1, -0.05) is 42.3 Å². The lowest BCUT2D eigenvalue weighted by Gasteiger charge is -2.34. The second-order valence-electron chi connectivity index (χ2n) is 7.08. The van der Waals surface area contributed by atoms with Crippen molar-refractivity contribution in [2.24, 2.45) is 0 Å². The van der Waals surface area contributed by atoms with Crippen LogP contribution in [0.4, 0.5) is 23.7 Å². The van der Waals surface area contributed by atoms with Gasteiger partial charge in [-0.25, -0.2) is 9.69 Å². The number of imide groups is 1. The van der Waals surface area contributed by atoms with Crippen molar-refractivity contribution >= 4 is 17.6 Å². The van der Waals surface area contributed by atoms with E-state index in [0.717, 1.165) is 17.0 Å². The first kappa shape index (κ1) is 23.6. The summed E-state index contributed by atoms with van der Waals surface area (Å²) in [6, 6.07) is 11.4. The van der Waals surface area contributed by atoms with E-state index in [9.17, 15) is 22.8 Å². The first-order valence-corrected chi connectivity index (χ1v) is 9.67. The van der Waals surface area contributed by atoms with Gasteiger partial charge < -0.3 is 4.74 Å². The maximum atomic E-state index is 13.8. The zero-order valence-corrected chi connectivity index (χ0v) is 17.3. The van der Waals surface area contributed by atoms with E-state index < -0.39 is 34.8 Å². The minimum Gasteiger partial charge on any atom is -0.374 e. The number of rotatable bonds is 7. The number of ether oxygens (including phenoxy) is 1. The van der Waals surface area contributed by atoms with Gasteiger partial charge in [0.05, 0.1) is 42.6 Å². The lowest BCUT2D eigenvalue weighted by Crippen LogP contribution is -2.50. The highest BCUT2D eigenvalue weighted by Gasteiger charge is 2.59. The zero-order chi connectivity index (χ0) is 24.2. The molecule has 1 fully saturated rings. The highest BCUT2D eigenvalue weighted by atomic mass is 19.4. The van der Waals surface area contributed by atoms with Gasteiger partial charge in [-0.3, -0.25) is 9.69 Å². The summed E-state index contributed by atoms with van der Waals surface area (Å²) in [4.78, 5) is 28.9. The third kappa shape index (κ3) is 4.07. The Morgan fingerprint density at radius 3 is 2.45 bits per heavy atom. The summed E-state index contributed by atoms with van der Waals surface area (Å²) in [5.74, 6) is 1.51. The lowest BCUT2D eigenvalue weighted by molar-refractivity contribution is -0.137. The molecule has 1 atom stereocenters. The van der Waals surface area contributed by atoms with Crippen molar-refractivity contribution < 1.29 is 27.5 Å². The third-order valence-corrected chi connectivity index (χ3v) is 5.17. The quantitative estimate of drug-likeness (QED) is 0.274. The number of amides is 3. The van der Waals surface area contributed by atoms with Gasteiger partial charge in [0.1, 0.15) is 0 Å². The van der Waals surface area contributed by atoms with Crippen molar-refractivity contribution in [1.29, 1.82) is 5.26 Å². The second kappa shape index (κ2) is 9.19. The van der Waals surface area contributed by atoms with Crippen LogP contribution in [0.2, 0.25) is 0 Å². The number of carbonyl (C=O) groups is 2. The fourth-order valence-corrected chi connectivity index (χ4v) is 3.70. The van der Waals surface area contributed by atoms with Gasteiger partial charge in [-0.05, 0) is 23.8 Å². The molecule has 0 spiro atoms. The highest BCUT2D eigenvalue weighted by Crippen LogP contribution is 2.42. The highest BCUT2D eigenvalue weighted by molar-refractivity contribution is 6.23. The maximum Gasteiger partial charge on any atom is 0.417 e. The first-order chi connectivity index (χ1) is 15.7. The number of halogens is 3. The monoisotopic (exact) mass is 453 g/mol. The number of carbonyl (C=O) groups excluding carboxylic acids is 2. The minimum atomic E-state index is -4.87. The number of nitriles is 1. The molecule has 0 aromatic heterocycles. The molecule has 2 aromatic rings. The number of terminal acetylenes is 1. The normalized spacial score (nSPS) is 18.2. The molecule has 3 amide bonds. The van der Waals surface area contributed by atoms with Gasteiger partial charge in [0.2, 0.25) is 0 Å². The molecule has 33 heavy (non-hydrogen) atoms. The molecule has 0 saturated carbocycles. The van der Waals surface area contributed by atoms with Crippen molar-refractivity contribution in [1.82, 2.24) is 4.90 Å². The van der Waals surface area contributed by atoms with Crippen molar-refractivity contribution in [3.8, 4) is 18.4 Å². The van der Waals surface area contributed by atoms with E-state index in [1.165, 1.54) is 12.1 Å². The van der Waals surface area contributed by atoms with Crippen LogP contribution in [0.1, 0.15) is 16.7 Å². The molecular formula is C24H18F3N3O3. The van der Waals surface area contributed by atoms with Gasteiger partial charge in [-0.2, -0.15) is 18.4 Å². The maximum absolute atomic E-state index is 13.8. The molecule has 168 valence electrons. The van der Waals surface area contributed by atoms with E-state index in [1.807, 2.05) is 0 Å². The Morgan fingerprint density at radius 2 is 1.88 bits per heavy atom. The Labute approximate surface area is 188 Å². The predicted molar refractivity (Wildman–Crippen MR) is 114 cm³/mol. The molecule has 1 aliphatic rings. The Morgan fingerprint density at radius 1 is 1.18 bits per heavy atom. The van der Waals surface area contributed by atoms with Crippen LogP contribution < -0.4 is 4.90 Å². The van der Waals surface area contributed by atoms with E-state index in [4.69, 9.17) is 16.4 Å².